The predicted molar refractivity (Wildman–Crippen MR) is 233 cm³/mol. The minimum Gasteiger partial charge on any atom is -0.481 e. The standard InChI is InChI=1S/C52H82O7/c1-7-13-40-50-24-21-39-47(4)28-27-45(2)25-26-46(3,44(55)56)33-41(45)49(47,23-12-8-9-14-36-15-10-11-16-36)30-29-48(39,5)51(50,35-53)42(54)34-52(40,57)59-43(50)32-38-19-17-37(18-20-38)22-31-58-6/h17-20,36,39-43,53-54,57H,7-16,21-35H2,1-6H3,(H,55,56)/t39-,40-,41-,42+,43+,45-,46-,47-,48-,49+,50-,51+,52+/m1/s1. The minimum absolute atomic E-state index is 0.00483. The van der Waals surface area contributed by atoms with E-state index in [9.17, 15) is 25.2 Å². The van der Waals surface area contributed by atoms with E-state index >= 15 is 0 Å². The van der Waals surface area contributed by atoms with Crippen molar-refractivity contribution in [1.82, 2.24) is 0 Å². The van der Waals surface area contributed by atoms with Gasteiger partial charge >= 0.3 is 5.97 Å². The van der Waals surface area contributed by atoms with Crippen LogP contribution in [-0.4, -0.2) is 64.7 Å². The SMILES string of the molecule is CCC[C@@H]1[C@@]23CC[C@@H]4[C@@]5(C)CC[C@@]6(C)CC[C@@](C)(C(=O)O)C[C@H]6[C@]5(CCCCCC5CCCC5)CC[C@@]4(C)[C@]2(CO)[C@@H](O)C[C@]1(O)O[C@H]3Cc1ccc(CCOC)cc1. The average Bonchev–Trinajstić information content (AvgIpc) is 3.78. The lowest BCUT2D eigenvalue weighted by Crippen LogP contribution is -2.77. The molecule has 1 aliphatic heterocycles. The molecular formula is C52H82O7. The Balaban J connectivity index is 1.19. The first-order valence-corrected chi connectivity index (χ1v) is 24.6. The number of carboxylic acid groups (broad SMARTS) is 1. The number of hydrogen-bond acceptors (Lipinski definition) is 6. The Bertz CT molecular complexity index is 1660. The van der Waals surface area contributed by atoms with Gasteiger partial charge in [0.1, 0.15) is 0 Å². The second kappa shape index (κ2) is 15.9. The molecule has 1 heterocycles. The van der Waals surface area contributed by atoms with Gasteiger partial charge in [0.25, 0.3) is 0 Å². The molecule has 1 spiro atoms. The monoisotopic (exact) mass is 819 g/mol. The number of benzene rings is 1. The summed E-state index contributed by atoms with van der Waals surface area (Å²) in [7, 11) is 1.74. The van der Waals surface area contributed by atoms with E-state index in [1.807, 2.05) is 6.92 Å². The number of unbranched alkanes of at least 4 members (excludes halogenated alkanes) is 2. The molecule has 0 amide bonds. The number of ether oxygens (including phenoxy) is 2. The van der Waals surface area contributed by atoms with E-state index in [4.69, 9.17) is 9.47 Å². The van der Waals surface area contributed by atoms with Crippen LogP contribution in [0.15, 0.2) is 24.3 Å². The molecule has 59 heavy (non-hydrogen) atoms. The second-order valence-corrected chi connectivity index (χ2v) is 23.1. The summed E-state index contributed by atoms with van der Waals surface area (Å²) in [5.41, 5.74) is -0.131. The molecule has 8 rings (SSSR count). The lowest BCUT2D eigenvalue weighted by Gasteiger charge is -2.78. The zero-order chi connectivity index (χ0) is 42.1. The van der Waals surface area contributed by atoms with Crippen LogP contribution in [0.2, 0.25) is 0 Å². The van der Waals surface area contributed by atoms with Crippen molar-refractivity contribution in [2.75, 3.05) is 20.3 Å². The van der Waals surface area contributed by atoms with Crippen LogP contribution in [-0.2, 0) is 27.1 Å². The highest BCUT2D eigenvalue weighted by Gasteiger charge is 2.84. The minimum atomic E-state index is -1.43. The molecule has 332 valence electrons. The van der Waals surface area contributed by atoms with E-state index in [1.54, 1.807) is 7.11 Å². The summed E-state index contributed by atoms with van der Waals surface area (Å²) in [6.45, 7) is 12.4. The normalized spacial score (nSPS) is 46.6. The maximum absolute atomic E-state index is 13.1. The first-order chi connectivity index (χ1) is 28.1. The summed E-state index contributed by atoms with van der Waals surface area (Å²) >= 11 is 0. The quantitative estimate of drug-likeness (QED) is 0.130. The van der Waals surface area contributed by atoms with Crippen LogP contribution in [0.25, 0.3) is 0 Å². The van der Waals surface area contributed by atoms with Crippen molar-refractivity contribution >= 4 is 5.97 Å². The maximum atomic E-state index is 13.1. The number of aliphatic carboxylic acids is 1. The fourth-order valence-electron chi connectivity index (χ4n) is 17.7. The third-order valence-corrected chi connectivity index (χ3v) is 20.8. The van der Waals surface area contributed by atoms with Crippen LogP contribution < -0.4 is 0 Å². The van der Waals surface area contributed by atoms with Crippen molar-refractivity contribution in [2.24, 2.45) is 61.6 Å². The molecule has 4 N–H and O–H groups in total. The number of aliphatic hydroxyl groups excluding tert-OH is 2. The molecular weight excluding hydrogens is 737 g/mol. The Morgan fingerprint density at radius 2 is 1.53 bits per heavy atom. The zero-order valence-electron chi connectivity index (χ0n) is 38.0. The van der Waals surface area contributed by atoms with E-state index in [0.717, 1.165) is 89.4 Å². The van der Waals surface area contributed by atoms with Crippen molar-refractivity contribution in [1.29, 1.82) is 0 Å². The summed E-state index contributed by atoms with van der Waals surface area (Å²) in [5.74, 6) is -0.750. The van der Waals surface area contributed by atoms with Crippen molar-refractivity contribution in [2.45, 2.75) is 200 Å². The number of hydrogen-bond donors (Lipinski definition) is 4. The Kier molecular flexibility index (Phi) is 11.9. The van der Waals surface area contributed by atoms with E-state index in [2.05, 4.69) is 52.0 Å². The van der Waals surface area contributed by atoms with Crippen LogP contribution in [0, 0.1) is 61.6 Å². The highest BCUT2D eigenvalue weighted by atomic mass is 16.6. The fourth-order valence-corrected chi connectivity index (χ4v) is 17.7. The molecule has 1 aromatic carbocycles. The molecule has 7 fully saturated rings. The molecule has 1 saturated heterocycles. The van der Waals surface area contributed by atoms with E-state index in [-0.39, 0.29) is 47.2 Å². The second-order valence-electron chi connectivity index (χ2n) is 23.1. The molecule has 13 atom stereocenters. The van der Waals surface area contributed by atoms with Gasteiger partial charge in [-0.3, -0.25) is 4.79 Å². The number of aliphatic hydroxyl groups is 3. The van der Waals surface area contributed by atoms with Gasteiger partial charge in [0.2, 0.25) is 0 Å². The molecule has 1 aromatic rings. The Labute approximate surface area is 357 Å². The lowest BCUT2D eigenvalue weighted by atomic mass is 9.25. The van der Waals surface area contributed by atoms with Crippen molar-refractivity contribution < 1.29 is 34.7 Å². The highest BCUT2D eigenvalue weighted by Crippen LogP contribution is 2.84. The summed E-state index contributed by atoms with van der Waals surface area (Å²) in [6.07, 6.45) is 22.4. The van der Waals surface area contributed by atoms with Gasteiger partial charge in [-0.25, -0.2) is 0 Å². The van der Waals surface area contributed by atoms with E-state index in [0.29, 0.717) is 18.9 Å². The number of methoxy groups -OCH3 is 1. The van der Waals surface area contributed by atoms with Gasteiger partial charge in [0.15, 0.2) is 5.79 Å². The Hall–Kier alpha value is -1.51. The largest absolute Gasteiger partial charge is 0.481 e. The summed E-state index contributed by atoms with van der Waals surface area (Å²) in [6, 6.07) is 8.78. The lowest BCUT2D eigenvalue weighted by molar-refractivity contribution is -0.339. The average molecular weight is 819 g/mol. The number of rotatable bonds is 15. The molecule has 7 aliphatic rings. The summed E-state index contributed by atoms with van der Waals surface area (Å²) < 4.78 is 12.4. The molecule has 7 nitrogen and oxygen atoms in total. The zero-order valence-corrected chi connectivity index (χ0v) is 38.0. The number of carboxylic acids is 1. The molecule has 2 bridgehead atoms. The third-order valence-electron chi connectivity index (χ3n) is 20.8. The van der Waals surface area contributed by atoms with Crippen molar-refractivity contribution in [3.63, 3.8) is 0 Å². The Morgan fingerprint density at radius 3 is 2.20 bits per heavy atom. The van der Waals surface area contributed by atoms with Gasteiger partial charge in [-0.2, -0.15) is 0 Å². The van der Waals surface area contributed by atoms with Gasteiger partial charge < -0.3 is 29.9 Å². The number of carbonyl (C=O) groups is 1. The third kappa shape index (κ3) is 6.43. The molecule has 0 unspecified atom stereocenters. The van der Waals surface area contributed by atoms with Gasteiger partial charge in [0.05, 0.1) is 30.8 Å². The van der Waals surface area contributed by atoms with E-state index in [1.165, 1.54) is 62.5 Å². The van der Waals surface area contributed by atoms with Gasteiger partial charge in [-0.1, -0.05) is 110 Å². The van der Waals surface area contributed by atoms with Crippen LogP contribution in [0.4, 0.5) is 0 Å². The van der Waals surface area contributed by atoms with E-state index < -0.39 is 39.5 Å². The van der Waals surface area contributed by atoms with Crippen LogP contribution >= 0.6 is 0 Å². The topological polar surface area (TPSA) is 116 Å². The first kappa shape index (κ1) is 44.1. The first-order valence-electron chi connectivity index (χ1n) is 24.6. The molecule has 7 heteroatoms. The fraction of sp³-hybridized carbons (Fsp3) is 0.865. The van der Waals surface area contributed by atoms with Crippen molar-refractivity contribution in [3.05, 3.63) is 35.4 Å². The molecule has 0 aromatic heterocycles. The summed E-state index contributed by atoms with van der Waals surface area (Å²) in [5, 5.41) is 48.6. The van der Waals surface area contributed by atoms with Crippen LogP contribution in [0.3, 0.4) is 0 Å². The number of fused-ring (bicyclic) bond motifs is 7. The van der Waals surface area contributed by atoms with Crippen molar-refractivity contribution in [3.8, 4) is 0 Å². The predicted octanol–water partition coefficient (Wildman–Crippen LogP) is 10.7. The smallest absolute Gasteiger partial charge is 0.309 e. The van der Waals surface area contributed by atoms with Gasteiger partial charge in [-0.05, 0) is 141 Å². The van der Waals surface area contributed by atoms with Crippen LogP contribution in [0.5, 0.6) is 0 Å². The van der Waals surface area contributed by atoms with Crippen LogP contribution in [0.1, 0.15) is 181 Å². The highest BCUT2D eigenvalue weighted by molar-refractivity contribution is 5.74. The molecule has 6 saturated carbocycles. The van der Waals surface area contributed by atoms with Gasteiger partial charge in [0, 0.05) is 30.3 Å². The molecule has 0 radical (unpaired) electrons. The Morgan fingerprint density at radius 1 is 0.831 bits per heavy atom. The molecule has 6 aliphatic carbocycles. The summed E-state index contributed by atoms with van der Waals surface area (Å²) in [4.78, 5) is 13.1. The van der Waals surface area contributed by atoms with Gasteiger partial charge in [-0.15, -0.1) is 0 Å². The maximum Gasteiger partial charge on any atom is 0.309 e.